The van der Waals surface area contributed by atoms with Gasteiger partial charge in [0, 0.05) is 48.2 Å². The average Bonchev–Trinajstić information content (AvgIpc) is 3.18. The van der Waals surface area contributed by atoms with Gasteiger partial charge in [-0.3, -0.25) is 9.69 Å². The minimum Gasteiger partial charge on any atom is -0.497 e. The van der Waals surface area contributed by atoms with Crippen LogP contribution in [0.3, 0.4) is 0 Å². The minimum atomic E-state index is -0.883. The first-order chi connectivity index (χ1) is 25.9. The van der Waals surface area contributed by atoms with E-state index in [1.54, 1.807) is 12.0 Å². The van der Waals surface area contributed by atoms with Gasteiger partial charge in [0.05, 0.1) is 20.3 Å². The molecule has 0 bridgehead atoms. The van der Waals surface area contributed by atoms with Gasteiger partial charge < -0.3 is 24.4 Å². The first kappa shape index (κ1) is 36.4. The topological polar surface area (TPSA) is 80.3 Å². The fraction of sp³-hybridized carbons (Fsp3) is 0.273. The maximum absolute atomic E-state index is 14.0. The summed E-state index contributed by atoms with van der Waals surface area (Å²) in [4.78, 5) is 30.5. The SMILES string of the molecule is COc1ccc(NC(=O)N2C[C@@H](OC(C)=O)CCN3[C@H](COC(c4ccccc4)(c4ccccc4)c4ccccc4)[C@H](c4ccc(Br)cc4)[C@@H]3C2)cc1. The highest BCUT2D eigenvalue weighted by atomic mass is 79.9. The van der Waals surface area contributed by atoms with Crippen LogP contribution in [0.4, 0.5) is 10.5 Å². The molecular formula is C44H44BrN3O5. The molecule has 53 heavy (non-hydrogen) atoms. The van der Waals surface area contributed by atoms with Gasteiger partial charge in [-0.1, -0.05) is 119 Å². The number of amides is 2. The molecule has 2 saturated heterocycles. The van der Waals surface area contributed by atoms with Crippen molar-refractivity contribution in [3.05, 3.63) is 166 Å². The number of hydrogen-bond acceptors (Lipinski definition) is 6. The Morgan fingerprint density at radius 2 is 1.34 bits per heavy atom. The van der Waals surface area contributed by atoms with E-state index in [2.05, 4.69) is 123 Å². The zero-order valence-electron chi connectivity index (χ0n) is 29.9. The van der Waals surface area contributed by atoms with Crippen molar-refractivity contribution in [2.75, 3.05) is 38.7 Å². The molecule has 272 valence electrons. The van der Waals surface area contributed by atoms with Gasteiger partial charge in [0.25, 0.3) is 0 Å². The van der Waals surface area contributed by atoms with Gasteiger partial charge in [-0.2, -0.15) is 0 Å². The number of benzene rings is 5. The highest BCUT2D eigenvalue weighted by Gasteiger charge is 2.52. The number of hydrogen-bond donors (Lipinski definition) is 1. The number of nitrogens with zero attached hydrogens (tertiary/aromatic N) is 2. The summed E-state index contributed by atoms with van der Waals surface area (Å²) in [7, 11) is 1.61. The minimum absolute atomic E-state index is 0.00393. The number of carbonyl (C=O) groups is 2. The van der Waals surface area contributed by atoms with Crippen LogP contribution < -0.4 is 10.1 Å². The van der Waals surface area contributed by atoms with Crippen LogP contribution >= 0.6 is 15.9 Å². The van der Waals surface area contributed by atoms with E-state index < -0.39 is 11.7 Å². The van der Waals surface area contributed by atoms with Crippen molar-refractivity contribution < 1.29 is 23.8 Å². The summed E-state index contributed by atoms with van der Waals surface area (Å²) in [5.74, 6) is 0.401. The van der Waals surface area contributed by atoms with Crippen LogP contribution in [0.1, 0.15) is 41.5 Å². The summed E-state index contributed by atoms with van der Waals surface area (Å²) in [6.45, 7) is 3.25. The number of nitrogens with one attached hydrogen (secondary N) is 1. The molecule has 2 fully saturated rings. The van der Waals surface area contributed by atoms with Gasteiger partial charge in [-0.15, -0.1) is 0 Å². The van der Waals surface area contributed by atoms with Gasteiger partial charge in [0.1, 0.15) is 17.5 Å². The fourth-order valence-corrected chi connectivity index (χ4v) is 8.24. The van der Waals surface area contributed by atoms with Crippen LogP contribution in [0.5, 0.6) is 5.75 Å². The van der Waals surface area contributed by atoms with E-state index in [9.17, 15) is 9.59 Å². The Morgan fingerprint density at radius 3 is 1.87 bits per heavy atom. The highest BCUT2D eigenvalue weighted by molar-refractivity contribution is 9.10. The largest absolute Gasteiger partial charge is 0.497 e. The molecule has 5 aromatic carbocycles. The van der Waals surface area contributed by atoms with Crippen molar-refractivity contribution in [2.45, 2.75) is 43.1 Å². The third-order valence-electron chi connectivity index (χ3n) is 10.4. The van der Waals surface area contributed by atoms with E-state index in [0.717, 1.165) is 21.2 Å². The van der Waals surface area contributed by atoms with Crippen LogP contribution in [-0.4, -0.2) is 73.3 Å². The summed E-state index contributed by atoms with van der Waals surface area (Å²) in [5, 5.41) is 3.06. The Bertz CT molecular complexity index is 1870. The maximum atomic E-state index is 14.0. The fourth-order valence-electron chi connectivity index (χ4n) is 7.98. The van der Waals surface area contributed by atoms with Crippen LogP contribution in [0.25, 0.3) is 0 Å². The maximum Gasteiger partial charge on any atom is 0.322 e. The van der Waals surface area contributed by atoms with E-state index in [0.29, 0.717) is 44.1 Å². The number of anilines is 1. The number of esters is 1. The monoisotopic (exact) mass is 773 g/mol. The van der Waals surface area contributed by atoms with Gasteiger partial charge in [0.2, 0.25) is 0 Å². The molecule has 0 saturated carbocycles. The van der Waals surface area contributed by atoms with Gasteiger partial charge in [0.15, 0.2) is 0 Å². The van der Waals surface area contributed by atoms with Crippen molar-refractivity contribution >= 4 is 33.6 Å². The number of methoxy groups -OCH3 is 1. The van der Waals surface area contributed by atoms with Crippen LogP contribution in [0.2, 0.25) is 0 Å². The first-order valence-electron chi connectivity index (χ1n) is 18.0. The Kier molecular flexibility index (Phi) is 11.2. The van der Waals surface area contributed by atoms with Gasteiger partial charge in [-0.05, 0) is 65.1 Å². The molecule has 2 aliphatic rings. The number of rotatable bonds is 10. The molecule has 4 atom stereocenters. The van der Waals surface area contributed by atoms with Crippen LogP contribution in [-0.2, 0) is 19.9 Å². The van der Waals surface area contributed by atoms with Crippen molar-refractivity contribution in [3.63, 3.8) is 0 Å². The lowest BCUT2D eigenvalue weighted by molar-refractivity contribution is -0.151. The van der Waals surface area contributed by atoms with Crippen molar-refractivity contribution in [2.24, 2.45) is 0 Å². The summed E-state index contributed by atoms with van der Waals surface area (Å²) < 4.78 is 19.5. The Balaban J connectivity index is 1.25. The predicted molar refractivity (Wildman–Crippen MR) is 210 cm³/mol. The molecule has 9 heteroatoms. The van der Waals surface area contributed by atoms with Crippen LogP contribution in [0, 0.1) is 0 Å². The Morgan fingerprint density at radius 1 is 0.774 bits per heavy atom. The Labute approximate surface area is 319 Å². The van der Waals surface area contributed by atoms with Crippen molar-refractivity contribution in [1.29, 1.82) is 0 Å². The van der Waals surface area contributed by atoms with E-state index in [-0.39, 0.29) is 30.0 Å². The summed E-state index contributed by atoms with van der Waals surface area (Å²) >= 11 is 3.63. The highest BCUT2D eigenvalue weighted by Crippen LogP contribution is 2.46. The molecule has 2 aliphatic heterocycles. The molecule has 2 amide bonds. The lowest BCUT2D eigenvalue weighted by Crippen LogP contribution is -2.69. The number of urea groups is 1. The second-order valence-corrected chi connectivity index (χ2v) is 14.5. The third kappa shape index (κ3) is 7.88. The predicted octanol–water partition coefficient (Wildman–Crippen LogP) is 8.47. The van der Waals surface area contributed by atoms with E-state index >= 15 is 0 Å². The van der Waals surface area contributed by atoms with Crippen molar-refractivity contribution in [1.82, 2.24) is 9.80 Å². The summed E-state index contributed by atoms with van der Waals surface area (Å²) in [6.07, 6.45) is 0.119. The molecule has 0 aliphatic carbocycles. The lowest BCUT2D eigenvalue weighted by Gasteiger charge is -2.58. The third-order valence-corrected chi connectivity index (χ3v) is 11.0. The van der Waals surface area contributed by atoms with Gasteiger partial charge in [-0.25, -0.2) is 4.79 Å². The van der Waals surface area contributed by atoms with Crippen LogP contribution in [0.15, 0.2) is 144 Å². The number of ether oxygens (including phenoxy) is 3. The summed E-state index contributed by atoms with van der Waals surface area (Å²) in [5.41, 5.74) is 4.07. The molecule has 5 aromatic rings. The average molecular weight is 775 g/mol. The van der Waals surface area contributed by atoms with E-state index in [1.807, 2.05) is 42.5 Å². The molecule has 0 unspecified atom stereocenters. The molecule has 7 rings (SSSR count). The molecule has 2 heterocycles. The van der Waals surface area contributed by atoms with E-state index in [1.165, 1.54) is 12.5 Å². The van der Waals surface area contributed by atoms with Crippen molar-refractivity contribution in [3.8, 4) is 5.75 Å². The molecule has 1 N–H and O–H groups in total. The molecule has 0 spiro atoms. The Hall–Kier alpha value is -4.96. The first-order valence-corrected chi connectivity index (χ1v) is 18.8. The number of fused-ring (bicyclic) bond motifs is 1. The lowest BCUT2D eigenvalue weighted by atomic mass is 9.73. The molecule has 8 nitrogen and oxygen atoms in total. The second kappa shape index (κ2) is 16.4. The van der Waals surface area contributed by atoms with Gasteiger partial charge >= 0.3 is 12.0 Å². The summed E-state index contributed by atoms with van der Waals surface area (Å²) in [6, 6.07) is 46.7. The molecule has 0 radical (unpaired) electrons. The molecular weight excluding hydrogens is 730 g/mol. The molecule has 0 aromatic heterocycles. The normalized spacial score (nSPS) is 20.2. The zero-order valence-corrected chi connectivity index (χ0v) is 31.5. The number of halogens is 1. The smallest absolute Gasteiger partial charge is 0.322 e. The standard InChI is InChI=1S/C44H44BrN3O5/c1-31(49)53-39-26-27-48-40(29-47(28-39)43(50)46-37-22-24-38(51-2)25-23-37)42(32-18-20-36(45)21-19-32)41(48)30-52-44(33-12-6-3-7-13-33,34-14-8-4-9-15-34)35-16-10-5-11-17-35/h3-25,39-42H,26-30H2,1-2H3,(H,46,50)/t39-,40-,41+,42+/m0/s1. The number of carbonyl (C=O) groups excluding carboxylic acids is 2. The van der Waals surface area contributed by atoms with E-state index in [4.69, 9.17) is 14.2 Å². The quantitative estimate of drug-likeness (QED) is 0.113. The zero-order chi connectivity index (χ0) is 36.8. The second-order valence-electron chi connectivity index (χ2n) is 13.6.